The number of amides is 2. The van der Waals surface area contributed by atoms with Gasteiger partial charge in [-0.15, -0.1) is 0 Å². The second-order valence-electron chi connectivity index (χ2n) is 7.16. The number of carbonyl (C=O) groups is 2. The van der Waals surface area contributed by atoms with Crippen molar-refractivity contribution in [3.8, 4) is 6.07 Å². The van der Waals surface area contributed by atoms with Gasteiger partial charge in [-0.1, -0.05) is 30.3 Å². The smallest absolute Gasteiger partial charge is 0.240 e. The van der Waals surface area contributed by atoms with Gasteiger partial charge in [-0.3, -0.25) is 14.9 Å². The largest absolute Gasteiger partial charge is 0.368 e. The standard InChI is InChI=1S/C22H23FN4O2/c1-14(17-5-2-3-6-18(17)23)27-12-4-7-19(22(27)29)26-20(21(25)28)16-10-8-15(13-24)9-11-16/h2-3,5-6,8-11,14,19-20,26H,4,7,12H2,1H3,(H2,25,28). The van der Waals surface area contributed by atoms with Crippen LogP contribution in [-0.2, 0) is 9.59 Å². The van der Waals surface area contributed by atoms with Gasteiger partial charge in [0.1, 0.15) is 11.9 Å². The van der Waals surface area contributed by atoms with E-state index in [4.69, 9.17) is 11.0 Å². The van der Waals surface area contributed by atoms with E-state index < -0.39 is 24.0 Å². The van der Waals surface area contributed by atoms with Gasteiger partial charge in [0.25, 0.3) is 0 Å². The molecule has 6 nitrogen and oxygen atoms in total. The summed E-state index contributed by atoms with van der Waals surface area (Å²) >= 11 is 0. The fraction of sp³-hybridized carbons (Fsp3) is 0.318. The number of nitrogens with one attached hydrogen (secondary N) is 1. The summed E-state index contributed by atoms with van der Waals surface area (Å²) in [6.45, 7) is 2.31. The first-order valence-electron chi connectivity index (χ1n) is 9.52. The summed E-state index contributed by atoms with van der Waals surface area (Å²) in [5.41, 5.74) is 7.08. The second-order valence-corrected chi connectivity index (χ2v) is 7.16. The SMILES string of the molecule is CC(c1ccccc1F)N1CCCC(NC(C(N)=O)c2ccc(C#N)cc2)C1=O. The number of carbonyl (C=O) groups excluding carboxylic acids is 2. The Morgan fingerprint density at radius 3 is 2.59 bits per heavy atom. The fourth-order valence-corrected chi connectivity index (χ4v) is 3.71. The van der Waals surface area contributed by atoms with E-state index in [-0.39, 0.29) is 11.7 Å². The highest BCUT2D eigenvalue weighted by Crippen LogP contribution is 2.28. The van der Waals surface area contributed by atoms with Crippen molar-refractivity contribution in [2.45, 2.75) is 37.9 Å². The summed E-state index contributed by atoms with van der Waals surface area (Å²) in [4.78, 5) is 26.8. The van der Waals surface area contributed by atoms with Gasteiger partial charge < -0.3 is 10.6 Å². The van der Waals surface area contributed by atoms with Crippen LogP contribution in [0.15, 0.2) is 48.5 Å². The minimum Gasteiger partial charge on any atom is -0.368 e. The third kappa shape index (κ3) is 4.44. The molecule has 2 amide bonds. The molecule has 1 heterocycles. The zero-order valence-electron chi connectivity index (χ0n) is 16.1. The quantitative estimate of drug-likeness (QED) is 0.787. The van der Waals surface area contributed by atoms with E-state index >= 15 is 0 Å². The summed E-state index contributed by atoms with van der Waals surface area (Å²) in [6, 6.07) is 13.0. The molecule has 0 bridgehead atoms. The van der Waals surface area contributed by atoms with Crippen LogP contribution in [0.4, 0.5) is 4.39 Å². The number of likely N-dealkylation sites (tertiary alicyclic amines) is 1. The molecular formula is C22H23FN4O2. The van der Waals surface area contributed by atoms with E-state index in [9.17, 15) is 14.0 Å². The van der Waals surface area contributed by atoms with Crippen LogP contribution in [0.2, 0.25) is 0 Å². The summed E-state index contributed by atoms with van der Waals surface area (Å²) < 4.78 is 14.2. The number of piperidine rings is 1. The van der Waals surface area contributed by atoms with Crippen molar-refractivity contribution >= 4 is 11.8 Å². The number of halogens is 1. The van der Waals surface area contributed by atoms with Crippen LogP contribution in [-0.4, -0.2) is 29.3 Å². The molecule has 29 heavy (non-hydrogen) atoms. The van der Waals surface area contributed by atoms with Gasteiger partial charge in [0, 0.05) is 12.1 Å². The summed E-state index contributed by atoms with van der Waals surface area (Å²) in [5.74, 6) is -1.15. The average Bonchev–Trinajstić information content (AvgIpc) is 2.73. The molecule has 0 aromatic heterocycles. The van der Waals surface area contributed by atoms with Gasteiger partial charge in [0.15, 0.2) is 0 Å². The monoisotopic (exact) mass is 394 g/mol. The molecule has 3 unspecified atom stereocenters. The summed E-state index contributed by atoms with van der Waals surface area (Å²) in [5, 5.41) is 12.0. The molecule has 3 rings (SSSR count). The fourth-order valence-electron chi connectivity index (χ4n) is 3.71. The van der Waals surface area contributed by atoms with Crippen LogP contribution in [0.25, 0.3) is 0 Å². The number of rotatable bonds is 6. The molecule has 2 aromatic rings. The van der Waals surface area contributed by atoms with Crippen LogP contribution in [0.3, 0.4) is 0 Å². The maximum Gasteiger partial charge on any atom is 0.240 e. The molecular weight excluding hydrogens is 371 g/mol. The lowest BCUT2D eigenvalue weighted by Gasteiger charge is -2.38. The van der Waals surface area contributed by atoms with Crippen LogP contribution in [0, 0.1) is 17.1 Å². The van der Waals surface area contributed by atoms with Crippen molar-refractivity contribution in [3.05, 3.63) is 71.0 Å². The number of hydrogen-bond donors (Lipinski definition) is 2. The number of nitriles is 1. The molecule has 150 valence electrons. The molecule has 1 aliphatic rings. The Morgan fingerprint density at radius 1 is 1.28 bits per heavy atom. The maximum atomic E-state index is 14.2. The highest BCUT2D eigenvalue weighted by molar-refractivity contribution is 5.86. The molecule has 2 aromatic carbocycles. The van der Waals surface area contributed by atoms with E-state index in [2.05, 4.69) is 5.32 Å². The molecule has 0 spiro atoms. The van der Waals surface area contributed by atoms with Gasteiger partial charge in [0.05, 0.1) is 23.7 Å². The molecule has 1 saturated heterocycles. The number of primary amides is 1. The predicted octanol–water partition coefficient (Wildman–Crippen LogP) is 2.57. The van der Waals surface area contributed by atoms with Crippen molar-refractivity contribution in [1.82, 2.24) is 10.2 Å². The Balaban J connectivity index is 1.79. The van der Waals surface area contributed by atoms with Crippen LogP contribution in [0.5, 0.6) is 0 Å². The third-order valence-corrected chi connectivity index (χ3v) is 5.32. The van der Waals surface area contributed by atoms with Crippen molar-refractivity contribution < 1.29 is 14.0 Å². The van der Waals surface area contributed by atoms with Gasteiger partial charge in [-0.05, 0) is 43.5 Å². The van der Waals surface area contributed by atoms with Crippen molar-refractivity contribution in [1.29, 1.82) is 5.26 Å². The Morgan fingerprint density at radius 2 is 1.97 bits per heavy atom. The first kappa shape index (κ1) is 20.5. The lowest BCUT2D eigenvalue weighted by molar-refractivity contribution is -0.139. The van der Waals surface area contributed by atoms with Crippen LogP contribution >= 0.6 is 0 Å². The number of nitrogens with zero attached hydrogens (tertiary/aromatic N) is 2. The number of hydrogen-bond acceptors (Lipinski definition) is 4. The first-order chi connectivity index (χ1) is 13.9. The van der Waals surface area contributed by atoms with Gasteiger partial charge >= 0.3 is 0 Å². The molecule has 1 aliphatic heterocycles. The van der Waals surface area contributed by atoms with Crippen LogP contribution in [0.1, 0.15) is 48.5 Å². The lowest BCUT2D eigenvalue weighted by Crippen LogP contribution is -2.53. The van der Waals surface area contributed by atoms with Crippen molar-refractivity contribution in [2.75, 3.05) is 6.54 Å². The zero-order valence-corrected chi connectivity index (χ0v) is 16.1. The van der Waals surface area contributed by atoms with Gasteiger partial charge in [-0.25, -0.2) is 4.39 Å². The Labute approximate surface area is 169 Å². The van der Waals surface area contributed by atoms with E-state index in [1.807, 2.05) is 6.07 Å². The maximum absolute atomic E-state index is 14.2. The van der Waals surface area contributed by atoms with Gasteiger partial charge in [0.2, 0.25) is 11.8 Å². The van der Waals surface area contributed by atoms with E-state index in [0.29, 0.717) is 29.7 Å². The Hall–Kier alpha value is -3.24. The minimum atomic E-state index is -0.861. The van der Waals surface area contributed by atoms with Crippen molar-refractivity contribution in [2.24, 2.45) is 5.73 Å². The predicted molar refractivity (Wildman–Crippen MR) is 106 cm³/mol. The normalized spacial score (nSPS) is 18.7. The molecule has 0 aliphatic carbocycles. The van der Waals surface area contributed by atoms with E-state index in [0.717, 1.165) is 6.42 Å². The highest BCUT2D eigenvalue weighted by Gasteiger charge is 2.35. The van der Waals surface area contributed by atoms with E-state index in [1.54, 1.807) is 54.3 Å². The Bertz CT molecular complexity index is 939. The molecule has 7 heteroatoms. The summed E-state index contributed by atoms with van der Waals surface area (Å²) in [6.07, 6.45) is 1.28. The van der Waals surface area contributed by atoms with Crippen molar-refractivity contribution in [3.63, 3.8) is 0 Å². The zero-order chi connectivity index (χ0) is 21.0. The second kappa shape index (κ2) is 8.84. The average molecular weight is 394 g/mol. The third-order valence-electron chi connectivity index (χ3n) is 5.32. The molecule has 0 saturated carbocycles. The molecule has 0 radical (unpaired) electrons. The summed E-state index contributed by atoms with van der Waals surface area (Å²) in [7, 11) is 0. The topological polar surface area (TPSA) is 99.2 Å². The minimum absolute atomic E-state index is 0.188. The lowest BCUT2D eigenvalue weighted by atomic mass is 9.97. The Kier molecular flexibility index (Phi) is 6.25. The highest BCUT2D eigenvalue weighted by atomic mass is 19.1. The number of nitrogens with two attached hydrogens (primary N) is 1. The van der Waals surface area contributed by atoms with Crippen LogP contribution < -0.4 is 11.1 Å². The molecule has 3 N–H and O–H groups in total. The number of benzene rings is 2. The van der Waals surface area contributed by atoms with E-state index in [1.165, 1.54) is 6.07 Å². The molecule has 1 fully saturated rings. The first-order valence-corrected chi connectivity index (χ1v) is 9.52. The molecule has 3 atom stereocenters. The van der Waals surface area contributed by atoms with Gasteiger partial charge in [-0.2, -0.15) is 5.26 Å².